The Kier molecular flexibility index (Phi) is 7.79. The summed E-state index contributed by atoms with van der Waals surface area (Å²) in [5.74, 6) is 0.955. The third-order valence-corrected chi connectivity index (χ3v) is 8.24. The standard InChI is InChI=1S/C32H28Cl2N4O4/c33-31-21(19-7-9-25-27(15-19)41-17-29(39)37(25)13-11-35)3-1-5-23(31)24-6-2-4-22(32(24)34)20-8-10-26-28(16-20)42-18-30(40)38(26)14-12-36/h1-10,15-16H,11-14,17-18,35-36H2. The van der Waals surface area contributed by atoms with Gasteiger partial charge in [-0.25, -0.2) is 0 Å². The van der Waals surface area contributed by atoms with E-state index >= 15 is 0 Å². The smallest absolute Gasteiger partial charge is 0.265 e. The lowest BCUT2D eigenvalue weighted by atomic mass is 9.95. The van der Waals surface area contributed by atoms with Crippen molar-refractivity contribution < 1.29 is 19.1 Å². The first-order valence-electron chi connectivity index (χ1n) is 13.5. The van der Waals surface area contributed by atoms with Crippen molar-refractivity contribution in [2.45, 2.75) is 0 Å². The molecule has 0 bridgehead atoms. The van der Waals surface area contributed by atoms with E-state index in [-0.39, 0.29) is 25.0 Å². The third-order valence-electron chi connectivity index (χ3n) is 7.42. The van der Waals surface area contributed by atoms with Gasteiger partial charge >= 0.3 is 0 Å². The summed E-state index contributed by atoms with van der Waals surface area (Å²) in [4.78, 5) is 27.9. The molecule has 4 aromatic rings. The van der Waals surface area contributed by atoms with E-state index in [0.717, 1.165) is 33.4 Å². The van der Waals surface area contributed by atoms with Crippen molar-refractivity contribution in [1.29, 1.82) is 0 Å². The van der Waals surface area contributed by atoms with Gasteiger partial charge in [0.1, 0.15) is 11.5 Å². The Labute approximate surface area is 253 Å². The van der Waals surface area contributed by atoms with Crippen LogP contribution in [0.2, 0.25) is 10.0 Å². The van der Waals surface area contributed by atoms with Crippen molar-refractivity contribution in [3.05, 3.63) is 82.8 Å². The Hall–Kier alpha value is -4.08. The molecule has 214 valence electrons. The summed E-state index contributed by atoms with van der Waals surface area (Å²) in [5.41, 5.74) is 17.6. The maximum absolute atomic E-state index is 12.3. The van der Waals surface area contributed by atoms with Gasteiger partial charge in [-0.1, -0.05) is 71.7 Å². The Morgan fingerprint density at radius 1 is 0.619 bits per heavy atom. The van der Waals surface area contributed by atoms with Gasteiger partial charge in [0, 0.05) is 48.4 Å². The number of nitrogens with two attached hydrogens (primary N) is 2. The molecule has 2 heterocycles. The Bertz CT molecular complexity index is 1590. The first-order chi connectivity index (χ1) is 20.4. The zero-order valence-electron chi connectivity index (χ0n) is 22.6. The topological polar surface area (TPSA) is 111 Å². The fourth-order valence-corrected chi connectivity index (χ4v) is 6.09. The quantitative estimate of drug-likeness (QED) is 0.294. The molecule has 2 aliphatic heterocycles. The molecule has 0 spiro atoms. The van der Waals surface area contributed by atoms with Gasteiger partial charge < -0.3 is 30.7 Å². The van der Waals surface area contributed by atoms with E-state index in [1.165, 1.54) is 0 Å². The van der Waals surface area contributed by atoms with Crippen LogP contribution in [0.15, 0.2) is 72.8 Å². The van der Waals surface area contributed by atoms with E-state index < -0.39 is 0 Å². The average Bonchev–Trinajstić information content (AvgIpc) is 3.00. The lowest BCUT2D eigenvalue weighted by Gasteiger charge is -2.29. The molecule has 4 N–H and O–H groups in total. The minimum absolute atomic E-state index is 0.0400. The predicted molar refractivity (Wildman–Crippen MR) is 167 cm³/mol. The van der Waals surface area contributed by atoms with E-state index in [2.05, 4.69) is 0 Å². The SMILES string of the molecule is NCCN1C(=O)COc2cc(-c3cccc(-c4cccc(-c5ccc6c(c5)OCC(=O)N6CCN)c4Cl)c3Cl)ccc21. The molecule has 8 nitrogen and oxygen atoms in total. The molecule has 0 unspecified atom stereocenters. The number of carbonyl (C=O) groups excluding carboxylic acids is 2. The average molecular weight is 604 g/mol. The Morgan fingerprint density at radius 2 is 1.02 bits per heavy atom. The lowest BCUT2D eigenvalue weighted by molar-refractivity contribution is -0.122. The van der Waals surface area contributed by atoms with Crippen molar-refractivity contribution in [2.75, 3.05) is 49.2 Å². The summed E-state index contributed by atoms with van der Waals surface area (Å²) in [7, 11) is 0. The summed E-state index contributed by atoms with van der Waals surface area (Å²) in [6.45, 7) is 1.46. The van der Waals surface area contributed by atoms with Crippen molar-refractivity contribution in [1.82, 2.24) is 0 Å². The molecule has 0 aliphatic carbocycles. The van der Waals surface area contributed by atoms with Crippen LogP contribution >= 0.6 is 23.2 Å². The highest BCUT2D eigenvalue weighted by Crippen LogP contribution is 2.45. The van der Waals surface area contributed by atoms with E-state index in [1.54, 1.807) is 9.80 Å². The molecule has 4 aromatic carbocycles. The Morgan fingerprint density at radius 3 is 1.43 bits per heavy atom. The predicted octanol–water partition coefficient (Wildman–Crippen LogP) is 5.36. The van der Waals surface area contributed by atoms with Crippen molar-refractivity contribution in [2.24, 2.45) is 11.5 Å². The fourth-order valence-electron chi connectivity index (χ4n) is 5.42. The molecule has 6 rings (SSSR count). The monoisotopic (exact) mass is 602 g/mol. The summed E-state index contributed by atoms with van der Waals surface area (Å²) >= 11 is 14.1. The van der Waals surface area contributed by atoms with Crippen LogP contribution in [0.4, 0.5) is 11.4 Å². The molecule has 0 aromatic heterocycles. The van der Waals surface area contributed by atoms with Crippen LogP contribution in [0, 0.1) is 0 Å². The lowest BCUT2D eigenvalue weighted by Crippen LogP contribution is -2.41. The molecule has 0 atom stereocenters. The van der Waals surface area contributed by atoms with Gasteiger partial charge in [0.15, 0.2) is 13.2 Å². The number of rotatable bonds is 7. The van der Waals surface area contributed by atoms with Gasteiger partial charge in [-0.05, 0) is 35.4 Å². The number of ether oxygens (including phenoxy) is 2. The van der Waals surface area contributed by atoms with Gasteiger partial charge in [-0.15, -0.1) is 0 Å². The zero-order valence-corrected chi connectivity index (χ0v) is 24.1. The summed E-state index contributed by atoms with van der Waals surface area (Å²) in [6, 6.07) is 22.9. The van der Waals surface area contributed by atoms with E-state index in [9.17, 15) is 9.59 Å². The molecule has 10 heteroatoms. The highest BCUT2D eigenvalue weighted by Gasteiger charge is 2.27. The minimum atomic E-state index is -0.123. The number of halogens is 2. The van der Waals surface area contributed by atoms with Crippen molar-refractivity contribution in [3.63, 3.8) is 0 Å². The molecule has 2 aliphatic rings. The maximum atomic E-state index is 12.3. The van der Waals surface area contributed by atoms with E-state index in [0.29, 0.717) is 59.1 Å². The number of anilines is 2. The maximum Gasteiger partial charge on any atom is 0.265 e. The highest BCUT2D eigenvalue weighted by atomic mass is 35.5. The largest absolute Gasteiger partial charge is 0.482 e. The van der Waals surface area contributed by atoms with Gasteiger partial charge in [0.25, 0.3) is 11.8 Å². The summed E-state index contributed by atoms with van der Waals surface area (Å²) < 4.78 is 11.5. The fraction of sp³-hybridized carbons (Fsp3) is 0.188. The molecular weight excluding hydrogens is 575 g/mol. The molecule has 0 fully saturated rings. The van der Waals surface area contributed by atoms with Crippen LogP contribution in [0.1, 0.15) is 0 Å². The molecule has 42 heavy (non-hydrogen) atoms. The van der Waals surface area contributed by atoms with E-state index in [1.807, 2.05) is 72.8 Å². The van der Waals surface area contributed by atoms with Crippen LogP contribution in [0.5, 0.6) is 11.5 Å². The van der Waals surface area contributed by atoms with Gasteiger partial charge in [0.2, 0.25) is 0 Å². The van der Waals surface area contributed by atoms with E-state index in [4.69, 9.17) is 44.1 Å². The van der Waals surface area contributed by atoms with Crippen LogP contribution in [-0.2, 0) is 9.59 Å². The number of benzene rings is 4. The number of carbonyl (C=O) groups is 2. The van der Waals surface area contributed by atoms with Gasteiger partial charge in [-0.3, -0.25) is 9.59 Å². The molecule has 0 saturated heterocycles. The van der Waals surface area contributed by atoms with Crippen molar-refractivity contribution in [3.8, 4) is 44.9 Å². The van der Waals surface area contributed by atoms with Gasteiger partial charge in [0.05, 0.1) is 21.4 Å². The number of hydrogen-bond acceptors (Lipinski definition) is 6. The second-order valence-electron chi connectivity index (χ2n) is 9.94. The molecule has 0 radical (unpaired) electrons. The third kappa shape index (κ3) is 4.97. The second-order valence-corrected chi connectivity index (χ2v) is 10.7. The minimum Gasteiger partial charge on any atom is -0.482 e. The summed E-state index contributed by atoms with van der Waals surface area (Å²) in [5, 5.41) is 1.07. The first-order valence-corrected chi connectivity index (χ1v) is 14.3. The van der Waals surface area contributed by atoms with Crippen LogP contribution in [-0.4, -0.2) is 51.2 Å². The molecule has 2 amide bonds. The van der Waals surface area contributed by atoms with Crippen LogP contribution in [0.3, 0.4) is 0 Å². The normalized spacial score (nSPS) is 14.3. The molecule has 0 saturated carbocycles. The van der Waals surface area contributed by atoms with Gasteiger partial charge in [-0.2, -0.15) is 0 Å². The highest BCUT2D eigenvalue weighted by molar-refractivity contribution is 6.39. The van der Waals surface area contributed by atoms with Crippen molar-refractivity contribution >= 4 is 46.4 Å². The number of hydrogen-bond donors (Lipinski definition) is 2. The summed E-state index contributed by atoms with van der Waals surface area (Å²) in [6.07, 6.45) is 0. The second kappa shape index (κ2) is 11.7. The Balaban J connectivity index is 1.37. The number of fused-ring (bicyclic) bond motifs is 2. The molecular formula is C32H28Cl2N4O4. The van der Waals surface area contributed by atoms with Crippen LogP contribution in [0.25, 0.3) is 33.4 Å². The van der Waals surface area contributed by atoms with Crippen LogP contribution < -0.4 is 30.7 Å². The number of amides is 2. The zero-order chi connectivity index (χ0) is 29.4. The first kappa shape index (κ1) is 28.1. The number of nitrogens with zero attached hydrogens (tertiary/aromatic N) is 2.